The Hall–Kier alpha value is -2.44. The number of hydrogen-bond acceptors (Lipinski definition) is 4. The molecule has 2 amide bonds. The molecule has 0 atom stereocenters. The van der Waals surface area contributed by atoms with Crippen LogP contribution in [0.4, 0.5) is 9.93 Å². The molecule has 0 spiro atoms. The second-order valence-corrected chi connectivity index (χ2v) is 6.35. The maximum atomic E-state index is 11.6. The van der Waals surface area contributed by atoms with Crippen LogP contribution in [-0.4, -0.2) is 22.5 Å². The summed E-state index contributed by atoms with van der Waals surface area (Å²) >= 11 is 7.72. The number of carbonyl (C=O) groups excluding carboxylic acids is 1. The average Bonchev–Trinajstić information content (AvgIpc) is 3.04. The molecule has 5 nitrogen and oxygen atoms in total. The number of halogens is 1. The number of thiazole rings is 1. The smallest absolute Gasteiger partial charge is 0.321 e. The van der Waals surface area contributed by atoms with Gasteiger partial charge in [0.25, 0.3) is 0 Å². The lowest BCUT2D eigenvalue weighted by Crippen LogP contribution is -2.28. The number of urea groups is 1. The minimum atomic E-state index is -0.264. The van der Waals surface area contributed by atoms with E-state index in [9.17, 15) is 4.79 Å². The molecule has 2 N–H and O–H groups in total. The van der Waals surface area contributed by atoms with Gasteiger partial charge in [-0.15, -0.1) is 0 Å². The number of rotatable bonds is 4. The summed E-state index contributed by atoms with van der Waals surface area (Å²) in [5, 5.41) is 6.60. The van der Waals surface area contributed by atoms with E-state index < -0.39 is 0 Å². The Morgan fingerprint density at radius 2 is 2.00 bits per heavy atom. The molecule has 3 rings (SSSR count). The first-order chi connectivity index (χ1) is 11.7. The summed E-state index contributed by atoms with van der Waals surface area (Å²) in [5.41, 5.74) is 2.81. The highest BCUT2D eigenvalue weighted by Gasteiger charge is 2.13. The molecule has 0 aliphatic carbocycles. The molecule has 122 valence electrons. The Bertz CT molecular complexity index is 865. The summed E-state index contributed by atoms with van der Waals surface area (Å²) in [6.45, 7) is 2.42. The minimum absolute atomic E-state index is 0.264. The third kappa shape index (κ3) is 3.55. The summed E-state index contributed by atoms with van der Waals surface area (Å²) < 4.78 is 0. The Morgan fingerprint density at radius 3 is 2.79 bits per heavy atom. The number of benzene rings is 1. The summed E-state index contributed by atoms with van der Waals surface area (Å²) in [6, 6.07) is 9.29. The SMILES string of the molecule is CCNC(=O)Nc1ncc(-c2ccncc2-c2ccccc2Cl)s1. The van der Waals surface area contributed by atoms with Crippen molar-refractivity contribution >= 4 is 34.1 Å². The zero-order valence-electron chi connectivity index (χ0n) is 12.9. The summed E-state index contributed by atoms with van der Waals surface area (Å²) in [5.74, 6) is 0. The molecule has 0 radical (unpaired) electrons. The van der Waals surface area contributed by atoms with E-state index >= 15 is 0 Å². The van der Waals surface area contributed by atoms with Crippen molar-refractivity contribution in [3.63, 3.8) is 0 Å². The molecule has 0 bridgehead atoms. The van der Waals surface area contributed by atoms with E-state index in [0.717, 1.165) is 21.6 Å². The number of carbonyl (C=O) groups is 1. The molecule has 3 aromatic rings. The van der Waals surface area contributed by atoms with E-state index in [4.69, 9.17) is 11.6 Å². The first-order valence-electron chi connectivity index (χ1n) is 7.39. The van der Waals surface area contributed by atoms with Crippen LogP contribution >= 0.6 is 22.9 Å². The fourth-order valence-electron chi connectivity index (χ4n) is 2.26. The largest absolute Gasteiger partial charge is 0.338 e. The molecule has 24 heavy (non-hydrogen) atoms. The van der Waals surface area contributed by atoms with Gasteiger partial charge in [0, 0.05) is 46.8 Å². The monoisotopic (exact) mass is 358 g/mol. The first-order valence-corrected chi connectivity index (χ1v) is 8.58. The second kappa shape index (κ2) is 7.42. The number of nitrogens with one attached hydrogen (secondary N) is 2. The lowest BCUT2D eigenvalue weighted by molar-refractivity contribution is 0.252. The molecule has 2 heterocycles. The van der Waals surface area contributed by atoms with Gasteiger partial charge in [0.1, 0.15) is 0 Å². The van der Waals surface area contributed by atoms with Crippen LogP contribution in [0.2, 0.25) is 5.02 Å². The molecule has 0 saturated carbocycles. The molecule has 2 aromatic heterocycles. The number of pyridine rings is 1. The van der Waals surface area contributed by atoms with E-state index in [1.807, 2.05) is 37.3 Å². The molecule has 7 heteroatoms. The van der Waals surface area contributed by atoms with Crippen molar-refractivity contribution < 1.29 is 4.79 Å². The fraction of sp³-hybridized carbons (Fsp3) is 0.118. The van der Waals surface area contributed by atoms with Gasteiger partial charge in [-0.05, 0) is 19.1 Å². The average molecular weight is 359 g/mol. The van der Waals surface area contributed by atoms with Crippen molar-refractivity contribution in [2.45, 2.75) is 6.92 Å². The van der Waals surface area contributed by atoms with Crippen molar-refractivity contribution in [1.82, 2.24) is 15.3 Å². The van der Waals surface area contributed by atoms with Crippen molar-refractivity contribution in [3.8, 4) is 21.6 Å². The Labute approximate surface area is 148 Å². The van der Waals surface area contributed by atoms with Gasteiger partial charge in [0.2, 0.25) is 0 Å². The van der Waals surface area contributed by atoms with Crippen molar-refractivity contribution in [2.75, 3.05) is 11.9 Å². The van der Waals surface area contributed by atoms with Crippen LogP contribution in [0.5, 0.6) is 0 Å². The van der Waals surface area contributed by atoms with E-state index in [2.05, 4.69) is 20.6 Å². The zero-order chi connectivity index (χ0) is 16.9. The number of hydrogen-bond donors (Lipinski definition) is 2. The minimum Gasteiger partial charge on any atom is -0.338 e. The lowest BCUT2D eigenvalue weighted by atomic mass is 10.0. The van der Waals surface area contributed by atoms with Crippen LogP contribution in [0.25, 0.3) is 21.6 Å². The van der Waals surface area contributed by atoms with Gasteiger partial charge in [0.05, 0.1) is 4.88 Å². The Kier molecular flexibility index (Phi) is 5.08. The molecule has 0 aliphatic rings. The zero-order valence-corrected chi connectivity index (χ0v) is 14.5. The molecular formula is C17H15ClN4OS. The highest BCUT2D eigenvalue weighted by Crippen LogP contribution is 2.38. The maximum absolute atomic E-state index is 11.6. The fourth-order valence-corrected chi connectivity index (χ4v) is 3.35. The van der Waals surface area contributed by atoms with Gasteiger partial charge < -0.3 is 5.32 Å². The van der Waals surface area contributed by atoms with Gasteiger partial charge >= 0.3 is 6.03 Å². The molecule has 0 fully saturated rings. The molecule has 1 aromatic carbocycles. The standard InChI is InChI=1S/C17H15ClN4OS/c1-2-20-16(23)22-17-21-10-15(24-17)12-7-8-19-9-13(12)11-5-3-4-6-14(11)18/h3-10H,2H2,1H3,(H2,20,21,22,23). The van der Waals surface area contributed by atoms with Crippen LogP contribution in [0.3, 0.4) is 0 Å². The summed E-state index contributed by atoms with van der Waals surface area (Å²) in [7, 11) is 0. The highest BCUT2D eigenvalue weighted by molar-refractivity contribution is 7.19. The van der Waals surface area contributed by atoms with Crippen molar-refractivity contribution in [2.24, 2.45) is 0 Å². The second-order valence-electron chi connectivity index (χ2n) is 4.92. The maximum Gasteiger partial charge on any atom is 0.321 e. The quantitative estimate of drug-likeness (QED) is 0.712. The Morgan fingerprint density at radius 1 is 1.17 bits per heavy atom. The van der Waals surface area contributed by atoms with E-state index in [1.54, 1.807) is 18.6 Å². The third-order valence-electron chi connectivity index (χ3n) is 3.31. The van der Waals surface area contributed by atoms with E-state index in [1.165, 1.54) is 11.3 Å². The third-order valence-corrected chi connectivity index (χ3v) is 4.59. The van der Waals surface area contributed by atoms with Gasteiger partial charge in [-0.3, -0.25) is 10.3 Å². The molecular weight excluding hydrogens is 344 g/mol. The predicted octanol–water partition coefficient (Wildman–Crippen LogP) is 4.67. The summed E-state index contributed by atoms with van der Waals surface area (Å²) in [6.07, 6.45) is 5.25. The van der Waals surface area contributed by atoms with Crippen molar-refractivity contribution in [3.05, 3.63) is 53.9 Å². The van der Waals surface area contributed by atoms with Crippen LogP contribution in [0, 0.1) is 0 Å². The normalized spacial score (nSPS) is 10.4. The lowest BCUT2D eigenvalue weighted by Gasteiger charge is -2.08. The topological polar surface area (TPSA) is 66.9 Å². The first kappa shape index (κ1) is 16.4. The van der Waals surface area contributed by atoms with Crippen LogP contribution in [-0.2, 0) is 0 Å². The number of anilines is 1. The Balaban J connectivity index is 1.95. The molecule has 0 saturated heterocycles. The van der Waals surface area contributed by atoms with Crippen LogP contribution in [0.1, 0.15) is 6.92 Å². The number of amides is 2. The predicted molar refractivity (Wildman–Crippen MR) is 98.5 cm³/mol. The van der Waals surface area contributed by atoms with Crippen LogP contribution in [0.15, 0.2) is 48.9 Å². The van der Waals surface area contributed by atoms with E-state index in [-0.39, 0.29) is 6.03 Å². The van der Waals surface area contributed by atoms with Gasteiger partial charge in [-0.2, -0.15) is 0 Å². The number of nitrogens with zero attached hydrogens (tertiary/aromatic N) is 2. The number of aromatic nitrogens is 2. The molecule has 0 aliphatic heterocycles. The van der Waals surface area contributed by atoms with Crippen molar-refractivity contribution in [1.29, 1.82) is 0 Å². The highest BCUT2D eigenvalue weighted by atomic mass is 35.5. The van der Waals surface area contributed by atoms with E-state index in [0.29, 0.717) is 16.7 Å². The van der Waals surface area contributed by atoms with Gasteiger partial charge in [-0.25, -0.2) is 9.78 Å². The molecule has 0 unspecified atom stereocenters. The van der Waals surface area contributed by atoms with Gasteiger partial charge in [0.15, 0.2) is 5.13 Å². The summed E-state index contributed by atoms with van der Waals surface area (Å²) in [4.78, 5) is 21.0. The van der Waals surface area contributed by atoms with Gasteiger partial charge in [-0.1, -0.05) is 41.1 Å². The van der Waals surface area contributed by atoms with Crippen LogP contribution < -0.4 is 10.6 Å².